The van der Waals surface area contributed by atoms with E-state index < -0.39 is 0 Å². The fourth-order valence-corrected chi connectivity index (χ4v) is 3.64. The zero-order valence-electron chi connectivity index (χ0n) is 10.5. The Morgan fingerprint density at radius 1 is 1.47 bits per heavy atom. The van der Waals surface area contributed by atoms with Gasteiger partial charge < -0.3 is 10.1 Å². The Bertz CT molecular complexity index is 386. The van der Waals surface area contributed by atoms with Gasteiger partial charge in [0.1, 0.15) is 5.01 Å². The Hall–Kier alpha value is -0.450. The third kappa shape index (κ3) is 2.39. The molecule has 1 atom stereocenters. The van der Waals surface area contributed by atoms with E-state index >= 15 is 0 Å². The van der Waals surface area contributed by atoms with Crippen LogP contribution < -0.4 is 5.32 Å². The predicted octanol–water partition coefficient (Wildman–Crippen LogP) is 2.68. The number of thiazole rings is 1. The second kappa shape index (κ2) is 4.04. The van der Waals surface area contributed by atoms with Gasteiger partial charge in [0, 0.05) is 30.6 Å². The summed E-state index contributed by atoms with van der Waals surface area (Å²) in [6, 6.07) is 0.702. The van der Waals surface area contributed by atoms with E-state index in [0.717, 1.165) is 19.4 Å². The molecule has 2 aliphatic rings. The van der Waals surface area contributed by atoms with Crippen LogP contribution in [0.15, 0.2) is 11.6 Å². The predicted molar refractivity (Wildman–Crippen MR) is 69.2 cm³/mol. The van der Waals surface area contributed by atoms with Gasteiger partial charge >= 0.3 is 0 Å². The topological polar surface area (TPSA) is 34.2 Å². The quantitative estimate of drug-likeness (QED) is 0.898. The maximum Gasteiger partial charge on any atom is 0.113 e. The minimum Gasteiger partial charge on any atom is -0.375 e. The van der Waals surface area contributed by atoms with Gasteiger partial charge in [-0.15, -0.1) is 11.3 Å². The molecule has 0 radical (unpaired) electrons. The molecular formula is C13H20N2OS. The molecule has 1 saturated carbocycles. The summed E-state index contributed by atoms with van der Waals surface area (Å²) in [6.45, 7) is 5.19. The minimum absolute atomic E-state index is 0.0498. The van der Waals surface area contributed by atoms with Crippen molar-refractivity contribution < 1.29 is 4.74 Å². The molecule has 4 heteroatoms. The molecule has 3 rings (SSSR count). The zero-order chi connectivity index (χ0) is 11.9. The lowest BCUT2D eigenvalue weighted by Crippen LogP contribution is -2.53. The molecule has 0 aromatic carbocycles. The largest absolute Gasteiger partial charge is 0.375 e. The molecule has 2 fully saturated rings. The van der Waals surface area contributed by atoms with Gasteiger partial charge in [-0.3, -0.25) is 0 Å². The van der Waals surface area contributed by atoms with Crippen LogP contribution in [0.5, 0.6) is 0 Å². The van der Waals surface area contributed by atoms with Gasteiger partial charge in [-0.25, -0.2) is 4.98 Å². The molecule has 1 aliphatic heterocycles. The number of nitrogens with one attached hydrogen (secondary N) is 1. The van der Waals surface area contributed by atoms with Crippen molar-refractivity contribution in [2.45, 2.75) is 56.7 Å². The van der Waals surface area contributed by atoms with E-state index in [9.17, 15) is 0 Å². The van der Waals surface area contributed by atoms with E-state index in [0.29, 0.717) is 6.04 Å². The normalized spacial score (nSPS) is 32.6. The monoisotopic (exact) mass is 252 g/mol. The van der Waals surface area contributed by atoms with E-state index in [-0.39, 0.29) is 11.1 Å². The van der Waals surface area contributed by atoms with Crippen molar-refractivity contribution >= 4 is 11.3 Å². The number of rotatable bonds is 3. The van der Waals surface area contributed by atoms with Crippen LogP contribution in [-0.4, -0.2) is 23.2 Å². The van der Waals surface area contributed by atoms with Gasteiger partial charge in [0.05, 0.1) is 11.1 Å². The third-order valence-electron chi connectivity index (χ3n) is 3.65. The highest BCUT2D eigenvalue weighted by molar-refractivity contribution is 7.09. The van der Waals surface area contributed by atoms with Crippen LogP contribution in [0.2, 0.25) is 0 Å². The standard InChI is InChI=1S/C13H20N2OS/c1-12(2)9-13(5-7-16-12,15-10-3-4-10)11-14-6-8-17-11/h6,8,10,15H,3-5,7,9H2,1-2H3. The second-order valence-electron chi connectivity index (χ2n) is 5.87. The van der Waals surface area contributed by atoms with Crippen LogP contribution in [0.25, 0.3) is 0 Å². The molecule has 0 spiro atoms. The molecule has 3 nitrogen and oxygen atoms in total. The molecule has 2 heterocycles. The molecule has 1 unspecified atom stereocenters. The smallest absolute Gasteiger partial charge is 0.113 e. The first-order valence-corrected chi connectivity index (χ1v) is 7.29. The summed E-state index contributed by atoms with van der Waals surface area (Å²) in [5.41, 5.74) is 0.00287. The summed E-state index contributed by atoms with van der Waals surface area (Å²) in [4.78, 5) is 4.56. The summed E-state index contributed by atoms with van der Waals surface area (Å²) in [5.74, 6) is 0. The van der Waals surface area contributed by atoms with Crippen molar-refractivity contribution in [3.63, 3.8) is 0 Å². The van der Waals surface area contributed by atoms with Crippen molar-refractivity contribution in [3.05, 3.63) is 16.6 Å². The maximum absolute atomic E-state index is 5.86. The molecule has 0 bridgehead atoms. The summed E-state index contributed by atoms with van der Waals surface area (Å²) < 4.78 is 5.86. The van der Waals surface area contributed by atoms with E-state index in [1.54, 1.807) is 11.3 Å². The summed E-state index contributed by atoms with van der Waals surface area (Å²) in [7, 11) is 0. The molecule has 1 N–H and O–H groups in total. The summed E-state index contributed by atoms with van der Waals surface area (Å²) >= 11 is 1.77. The lowest BCUT2D eigenvalue weighted by Gasteiger charge is -2.44. The Morgan fingerprint density at radius 3 is 2.88 bits per heavy atom. The maximum atomic E-state index is 5.86. The summed E-state index contributed by atoms with van der Waals surface area (Å²) in [6.07, 6.45) is 6.60. The van der Waals surface area contributed by atoms with E-state index in [1.807, 2.05) is 6.20 Å². The highest BCUT2D eigenvalue weighted by atomic mass is 32.1. The first kappa shape index (κ1) is 11.6. The van der Waals surface area contributed by atoms with Gasteiger partial charge in [-0.2, -0.15) is 0 Å². The number of ether oxygens (including phenoxy) is 1. The van der Waals surface area contributed by atoms with E-state index in [4.69, 9.17) is 4.74 Å². The molecule has 94 valence electrons. The Labute approximate surface area is 107 Å². The molecule has 1 aromatic heterocycles. The molecule has 1 aromatic rings. The van der Waals surface area contributed by atoms with Crippen LogP contribution in [0.3, 0.4) is 0 Å². The van der Waals surface area contributed by atoms with Gasteiger partial charge in [-0.1, -0.05) is 0 Å². The Kier molecular flexibility index (Phi) is 2.76. The highest BCUT2D eigenvalue weighted by Crippen LogP contribution is 2.42. The van der Waals surface area contributed by atoms with Crippen LogP contribution in [-0.2, 0) is 10.3 Å². The van der Waals surface area contributed by atoms with Crippen molar-refractivity contribution in [1.82, 2.24) is 10.3 Å². The van der Waals surface area contributed by atoms with Crippen LogP contribution in [0, 0.1) is 0 Å². The first-order valence-electron chi connectivity index (χ1n) is 6.41. The number of nitrogens with zero attached hydrogens (tertiary/aromatic N) is 1. The summed E-state index contributed by atoms with van der Waals surface area (Å²) in [5, 5.41) is 7.15. The van der Waals surface area contributed by atoms with Crippen molar-refractivity contribution in [2.24, 2.45) is 0 Å². The van der Waals surface area contributed by atoms with Crippen LogP contribution in [0.4, 0.5) is 0 Å². The molecule has 1 saturated heterocycles. The molecule has 0 amide bonds. The average Bonchev–Trinajstić information content (AvgIpc) is 2.89. The highest BCUT2D eigenvalue weighted by Gasteiger charge is 2.46. The van der Waals surface area contributed by atoms with Crippen LogP contribution in [0.1, 0.15) is 44.5 Å². The third-order valence-corrected chi connectivity index (χ3v) is 4.63. The van der Waals surface area contributed by atoms with Gasteiger partial charge in [-0.05, 0) is 33.1 Å². The second-order valence-corrected chi connectivity index (χ2v) is 6.77. The van der Waals surface area contributed by atoms with Gasteiger partial charge in [0.25, 0.3) is 0 Å². The first-order chi connectivity index (χ1) is 8.10. The SMILES string of the molecule is CC1(C)CC(NC2CC2)(c2nccs2)CCO1. The Balaban J connectivity index is 1.89. The zero-order valence-corrected chi connectivity index (χ0v) is 11.3. The van der Waals surface area contributed by atoms with Crippen molar-refractivity contribution in [3.8, 4) is 0 Å². The van der Waals surface area contributed by atoms with Gasteiger partial charge in [0.15, 0.2) is 0 Å². The van der Waals surface area contributed by atoms with Crippen LogP contribution >= 0.6 is 11.3 Å². The fourth-order valence-electron chi connectivity index (χ4n) is 2.81. The fraction of sp³-hybridized carbons (Fsp3) is 0.769. The molecule has 17 heavy (non-hydrogen) atoms. The molecular weight excluding hydrogens is 232 g/mol. The van der Waals surface area contributed by atoms with Gasteiger partial charge in [0.2, 0.25) is 0 Å². The average molecular weight is 252 g/mol. The molecule has 1 aliphatic carbocycles. The lowest BCUT2D eigenvalue weighted by atomic mass is 9.81. The Morgan fingerprint density at radius 2 is 2.29 bits per heavy atom. The van der Waals surface area contributed by atoms with E-state index in [2.05, 4.69) is 29.5 Å². The lowest BCUT2D eigenvalue weighted by molar-refractivity contribution is -0.0902. The number of hydrogen-bond donors (Lipinski definition) is 1. The number of hydrogen-bond acceptors (Lipinski definition) is 4. The minimum atomic E-state index is -0.0498. The number of aromatic nitrogens is 1. The van der Waals surface area contributed by atoms with Crippen molar-refractivity contribution in [1.29, 1.82) is 0 Å². The van der Waals surface area contributed by atoms with E-state index in [1.165, 1.54) is 17.8 Å². The van der Waals surface area contributed by atoms with Crippen molar-refractivity contribution in [2.75, 3.05) is 6.61 Å².